The van der Waals surface area contributed by atoms with Gasteiger partial charge in [0.2, 0.25) is 0 Å². The van der Waals surface area contributed by atoms with Crippen LogP contribution in [0.1, 0.15) is 16.5 Å². The summed E-state index contributed by atoms with van der Waals surface area (Å²) in [6.07, 6.45) is 0. The van der Waals surface area contributed by atoms with Crippen molar-refractivity contribution < 1.29 is 9.59 Å². The van der Waals surface area contributed by atoms with Crippen LogP contribution in [0.2, 0.25) is 0 Å². The number of carbonyl (C=O) groups is 2. The number of imide groups is 1. The Labute approximate surface area is 124 Å². The van der Waals surface area contributed by atoms with E-state index in [1.54, 1.807) is 22.7 Å². The van der Waals surface area contributed by atoms with Crippen LogP contribution in [0.4, 0.5) is 9.59 Å². The van der Waals surface area contributed by atoms with Gasteiger partial charge in [0.25, 0.3) is 0 Å². The van der Waals surface area contributed by atoms with E-state index in [4.69, 9.17) is 0 Å². The van der Waals surface area contributed by atoms with E-state index in [0.717, 1.165) is 10.4 Å². The van der Waals surface area contributed by atoms with Gasteiger partial charge < -0.3 is 10.6 Å². The molecule has 2 N–H and O–H groups in total. The number of hydrogen-bond donors (Lipinski definition) is 2. The number of nitrogens with one attached hydrogen (secondary N) is 2. The number of rotatable bonds is 3. The molecule has 3 heterocycles. The van der Waals surface area contributed by atoms with Gasteiger partial charge in [-0.3, -0.25) is 0 Å². The lowest BCUT2D eigenvalue weighted by atomic mass is 10.1. The molecule has 1 aliphatic heterocycles. The van der Waals surface area contributed by atoms with E-state index in [2.05, 4.69) is 10.6 Å². The van der Waals surface area contributed by atoms with Gasteiger partial charge in [0.15, 0.2) is 0 Å². The van der Waals surface area contributed by atoms with E-state index in [9.17, 15) is 9.59 Å². The number of thiophene rings is 2. The lowest BCUT2D eigenvalue weighted by Crippen LogP contribution is -2.43. The first-order valence-corrected chi connectivity index (χ1v) is 7.99. The molecule has 5 nitrogen and oxygen atoms in total. The normalized spacial score (nSPS) is 16.0. The van der Waals surface area contributed by atoms with Crippen molar-refractivity contribution in [1.29, 1.82) is 0 Å². The van der Waals surface area contributed by atoms with Crippen molar-refractivity contribution in [3.8, 4) is 0 Å². The molecule has 4 amide bonds. The highest BCUT2D eigenvalue weighted by Crippen LogP contribution is 2.27. The summed E-state index contributed by atoms with van der Waals surface area (Å²) in [7, 11) is 0. The summed E-state index contributed by atoms with van der Waals surface area (Å²) < 4.78 is 0. The Bertz CT molecular complexity index is 561. The number of carbonyl (C=O) groups excluding carboxylic acids is 2. The van der Waals surface area contributed by atoms with Crippen LogP contribution in [0.15, 0.2) is 34.3 Å². The van der Waals surface area contributed by atoms with Crippen LogP contribution in [0.5, 0.6) is 0 Å². The van der Waals surface area contributed by atoms with E-state index in [0.29, 0.717) is 13.1 Å². The first-order valence-electron chi connectivity index (χ1n) is 6.17. The molecule has 2 aromatic heterocycles. The summed E-state index contributed by atoms with van der Waals surface area (Å²) in [5.41, 5.74) is 1.03. The standard InChI is InChI=1S/C13H13N3O2S2/c17-12-14-4-5-16(12)13(18)15-11(9-3-7-19-8-9)10-2-1-6-20-10/h1-3,6-8,11H,4-5H2,(H,14,17)(H,15,18). The summed E-state index contributed by atoms with van der Waals surface area (Å²) >= 11 is 3.17. The van der Waals surface area contributed by atoms with Gasteiger partial charge in [-0.25, -0.2) is 14.5 Å². The predicted molar refractivity (Wildman–Crippen MR) is 79.1 cm³/mol. The molecular formula is C13H13N3O2S2. The molecule has 0 spiro atoms. The average Bonchev–Trinajstić information content (AvgIpc) is 3.18. The Morgan fingerprint density at radius 1 is 1.40 bits per heavy atom. The van der Waals surface area contributed by atoms with Gasteiger partial charge in [-0.2, -0.15) is 11.3 Å². The van der Waals surface area contributed by atoms with Crippen LogP contribution < -0.4 is 10.6 Å². The smallest absolute Gasteiger partial charge is 0.326 e. The third-order valence-corrected chi connectivity index (χ3v) is 4.71. The van der Waals surface area contributed by atoms with Crippen molar-refractivity contribution in [2.24, 2.45) is 0 Å². The Morgan fingerprint density at radius 3 is 2.90 bits per heavy atom. The van der Waals surface area contributed by atoms with Gasteiger partial charge in [0.1, 0.15) is 0 Å². The predicted octanol–water partition coefficient (Wildman–Crippen LogP) is 2.63. The van der Waals surface area contributed by atoms with Crippen molar-refractivity contribution in [1.82, 2.24) is 15.5 Å². The maximum atomic E-state index is 12.2. The van der Waals surface area contributed by atoms with Crippen LogP contribution in [0, 0.1) is 0 Å². The van der Waals surface area contributed by atoms with E-state index in [1.807, 2.05) is 34.3 Å². The maximum absolute atomic E-state index is 12.2. The second-order valence-electron chi connectivity index (χ2n) is 4.34. The summed E-state index contributed by atoms with van der Waals surface area (Å²) in [6, 6.07) is 5.02. The van der Waals surface area contributed by atoms with Gasteiger partial charge in [0.05, 0.1) is 6.04 Å². The van der Waals surface area contributed by atoms with Gasteiger partial charge in [0, 0.05) is 18.0 Å². The Balaban J connectivity index is 1.80. The molecule has 1 saturated heterocycles. The largest absolute Gasteiger partial charge is 0.336 e. The van der Waals surface area contributed by atoms with Gasteiger partial charge >= 0.3 is 12.1 Å². The minimum Gasteiger partial charge on any atom is -0.336 e. The van der Waals surface area contributed by atoms with Crippen LogP contribution in [0.3, 0.4) is 0 Å². The minimum atomic E-state index is -0.357. The fourth-order valence-corrected chi connectivity index (χ4v) is 3.57. The molecule has 1 unspecified atom stereocenters. The SMILES string of the molecule is O=C1NCCN1C(=O)NC(c1ccsc1)c1cccs1. The molecule has 1 fully saturated rings. The molecule has 3 rings (SSSR count). The molecule has 104 valence electrons. The summed E-state index contributed by atoms with van der Waals surface area (Å²) in [5.74, 6) is 0. The molecule has 0 bridgehead atoms. The molecule has 0 saturated carbocycles. The molecular weight excluding hydrogens is 294 g/mol. The zero-order valence-corrected chi connectivity index (χ0v) is 12.2. The van der Waals surface area contributed by atoms with Gasteiger partial charge in [-0.15, -0.1) is 11.3 Å². The fourth-order valence-electron chi connectivity index (χ4n) is 2.08. The van der Waals surface area contributed by atoms with E-state index in [1.165, 1.54) is 4.90 Å². The van der Waals surface area contributed by atoms with E-state index >= 15 is 0 Å². The number of amides is 4. The molecule has 0 aromatic carbocycles. The van der Waals surface area contributed by atoms with Crippen molar-refractivity contribution in [3.63, 3.8) is 0 Å². The molecule has 7 heteroatoms. The lowest BCUT2D eigenvalue weighted by Gasteiger charge is -2.20. The van der Waals surface area contributed by atoms with Crippen LogP contribution in [-0.2, 0) is 0 Å². The van der Waals surface area contributed by atoms with Crippen molar-refractivity contribution in [2.45, 2.75) is 6.04 Å². The summed E-state index contributed by atoms with van der Waals surface area (Å²) in [5, 5.41) is 11.5. The van der Waals surface area contributed by atoms with Crippen molar-refractivity contribution in [2.75, 3.05) is 13.1 Å². The number of nitrogens with zero attached hydrogens (tertiary/aromatic N) is 1. The van der Waals surface area contributed by atoms with Gasteiger partial charge in [-0.05, 0) is 33.8 Å². The molecule has 2 aromatic rings. The van der Waals surface area contributed by atoms with Crippen LogP contribution in [-0.4, -0.2) is 30.1 Å². The third-order valence-electron chi connectivity index (χ3n) is 3.07. The molecule has 20 heavy (non-hydrogen) atoms. The second-order valence-corrected chi connectivity index (χ2v) is 6.10. The van der Waals surface area contributed by atoms with E-state index in [-0.39, 0.29) is 18.1 Å². The summed E-state index contributed by atoms with van der Waals surface area (Å²) in [4.78, 5) is 26.0. The monoisotopic (exact) mass is 307 g/mol. The maximum Gasteiger partial charge on any atom is 0.326 e. The second kappa shape index (κ2) is 5.64. The quantitative estimate of drug-likeness (QED) is 0.915. The molecule has 0 radical (unpaired) electrons. The molecule has 0 aliphatic carbocycles. The van der Waals surface area contributed by atoms with Crippen LogP contribution in [0.25, 0.3) is 0 Å². The highest BCUT2D eigenvalue weighted by Gasteiger charge is 2.28. The Hall–Kier alpha value is -1.86. The highest BCUT2D eigenvalue weighted by molar-refractivity contribution is 7.10. The van der Waals surface area contributed by atoms with Gasteiger partial charge in [-0.1, -0.05) is 6.07 Å². The Morgan fingerprint density at radius 2 is 2.30 bits per heavy atom. The fraction of sp³-hybridized carbons (Fsp3) is 0.231. The minimum absolute atomic E-state index is 0.206. The van der Waals surface area contributed by atoms with E-state index < -0.39 is 0 Å². The zero-order valence-electron chi connectivity index (χ0n) is 10.5. The highest BCUT2D eigenvalue weighted by atomic mass is 32.1. The zero-order chi connectivity index (χ0) is 13.9. The Kier molecular flexibility index (Phi) is 3.70. The molecule has 1 aliphatic rings. The topological polar surface area (TPSA) is 61.4 Å². The first-order chi connectivity index (χ1) is 9.75. The number of hydrogen-bond acceptors (Lipinski definition) is 4. The lowest BCUT2D eigenvalue weighted by molar-refractivity contribution is 0.197. The van der Waals surface area contributed by atoms with Crippen molar-refractivity contribution >= 4 is 34.7 Å². The van der Waals surface area contributed by atoms with Crippen LogP contribution >= 0.6 is 22.7 Å². The average molecular weight is 307 g/mol. The first kappa shape index (κ1) is 13.1. The third kappa shape index (κ3) is 2.54. The summed E-state index contributed by atoms with van der Waals surface area (Å²) in [6.45, 7) is 0.917. The molecule has 1 atom stereocenters. The number of urea groups is 2. The van der Waals surface area contributed by atoms with Crippen molar-refractivity contribution in [3.05, 3.63) is 44.8 Å².